The van der Waals surface area contributed by atoms with Crippen molar-refractivity contribution in [3.8, 4) is 5.75 Å². The molecule has 2 N–H and O–H groups in total. The standard InChI is InChI=1S/C28H26F6N2O4S/c29-27(30,31)21-6-3-9-24-20(21)16-11-17-5-1-2-8-23(17)36(24)25-10-4-7-22(26(25)37)35-41(38,39)19-14-12-18(13-15-19)40-28(32,33)34/h1-3,5-6,8-9,12-15,22,25-26,35,37H,4,7,10-11,16H2/t22-,25+,26+/m0/s1. The summed E-state index contributed by atoms with van der Waals surface area (Å²) in [5.74, 6) is -0.592. The van der Waals surface area contributed by atoms with Crippen molar-refractivity contribution in [1.29, 1.82) is 0 Å². The Morgan fingerprint density at radius 1 is 0.854 bits per heavy atom. The number of benzene rings is 3. The van der Waals surface area contributed by atoms with Gasteiger partial charge in [0.25, 0.3) is 0 Å². The predicted molar refractivity (Wildman–Crippen MR) is 138 cm³/mol. The first-order chi connectivity index (χ1) is 19.2. The van der Waals surface area contributed by atoms with Gasteiger partial charge in [-0.15, -0.1) is 13.2 Å². The number of aryl methyl sites for hydroxylation is 1. The summed E-state index contributed by atoms with van der Waals surface area (Å²) < 4.78 is 112. The fraction of sp³-hybridized carbons (Fsp3) is 0.357. The average molecular weight is 601 g/mol. The molecule has 0 amide bonds. The van der Waals surface area contributed by atoms with Gasteiger partial charge in [-0.05, 0) is 85.7 Å². The molecule has 1 fully saturated rings. The highest BCUT2D eigenvalue weighted by Crippen LogP contribution is 2.45. The van der Waals surface area contributed by atoms with Crippen molar-refractivity contribution in [3.63, 3.8) is 0 Å². The van der Waals surface area contributed by atoms with E-state index in [2.05, 4.69) is 9.46 Å². The molecule has 1 saturated carbocycles. The van der Waals surface area contributed by atoms with Crippen LogP contribution in [-0.4, -0.2) is 38.1 Å². The Hall–Kier alpha value is -3.29. The van der Waals surface area contributed by atoms with Crippen molar-refractivity contribution in [2.75, 3.05) is 4.90 Å². The third-order valence-electron chi connectivity index (χ3n) is 7.44. The van der Waals surface area contributed by atoms with Gasteiger partial charge in [-0.25, -0.2) is 13.1 Å². The first-order valence-corrected chi connectivity index (χ1v) is 14.4. The Labute approximate surface area is 232 Å². The summed E-state index contributed by atoms with van der Waals surface area (Å²) in [6, 6.07) is 13.0. The Morgan fingerprint density at radius 2 is 1.54 bits per heavy atom. The zero-order valence-corrected chi connectivity index (χ0v) is 22.2. The zero-order chi connectivity index (χ0) is 29.6. The van der Waals surface area contributed by atoms with E-state index >= 15 is 0 Å². The molecule has 13 heteroatoms. The Morgan fingerprint density at radius 3 is 2.22 bits per heavy atom. The molecule has 0 spiro atoms. The number of hydrogen-bond donors (Lipinski definition) is 2. The van der Waals surface area contributed by atoms with Gasteiger partial charge in [0.05, 0.1) is 28.6 Å². The van der Waals surface area contributed by atoms with Crippen molar-refractivity contribution in [3.05, 3.63) is 83.4 Å². The fourth-order valence-corrected chi connectivity index (χ4v) is 6.97. The molecular weight excluding hydrogens is 574 g/mol. The van der Waals surface area contributed by atoms with Gasteiger partial charge in [-0.1, -0.05) is 24.3 Å². The molecule has 0 bridgehead atoms. The van der Waals surface area contributed by atoms with Crippen LogP contribution < -0.4 is 14.4 Å². The average Bonchev–Trinajstić information content (AvgIpc) is 3.05. The predicted octanol–water partition coefficient (Wildman–Crippen LogP) is 6.10. The second-order valence-electron chi connectivity index (χ2n) is 10.0. The van der Waals surface area contributed by atoms with E-state index in [9.17, 15) is 39.9 Å². The van der Waals surface area contributed by atoms with E-state index in [0.717, 1.165) is 35.9 Å². The normalized spacial score (nSPS) is 21.5. The lowest BCUT2D eigenvalue weighted by Gasteiger charge is -2.43. The van der Waals surface area contributed by atoms with E-state index < -0.39 is 52.1 Å². The number of alkyl halides is 6. The second-order valence-corrected chi connectivity index (χ2v) is 11.7. The molecule has 3 aromatic carbocycles. The van der Waals surface area contributed by atoms with Crippen LogP contribution in [0.25, 0.3) is 0 Å². The Balaban J connectivity index is 1.47. The van der Waals surface area contributed by atoms with Crippen LogP contribution in [0.4, 0.5) is 37.7 Å². The quantitative estimate of drug-likeness (QED) is 0.346. The zero-order valence-electron chi connectivity index (χ0n) is 21.4. The van der Waals surface area contributed by atoms with Crippen molar-refractivity contribution in [2.45, 2.75) is 67.7 Å². The topological polar surface area (TPSA) is 78.9 Å². The van der Waals surface area contributed by atoms with Crippen LogP contribution in [0.3, 0.4) is 0 Å². The first kappa shape index (κ1) is 29.2. The van der Waals surface area contributed by atoms with Gasteiger partial charge >= 0.3 is 12.5 Å². The highest BCUT2D eigenvalue weighted by atomic mass is 32.2. The van der Waals surface area contributed by atoms with E-state index in [-0.39, 0.29) is 23.3 Å². The van der Waals surface area contributed by atoms with E-state index in [1.165, 1.54) is 6.07 Å². The van der Waals surface area contributed by atoms with Crippen LogP contribution >= 0.6 is 0 Å². The van der Waals surface area contributed by atoms with Crippen molar-refractivity contribution in [1.82, 2.24) is 4.72 Å². The molecule has 0 radical (unpaired) electrons. The lowest BCUT2D eigenvalue weighted by molar-refractivity contribution is -0.274. The van der Waals surface area contributed by atoms with E-state index in [4.69, 9.17) is 0 Å². The number of hydrogen-bond acceptors (Lipinski definition) is 5. The molecule has 1 heterocycles. The van der Waals surface area contributed by atoms with Crippen molar-refractivity contribution in [2.24, 2.45) is 0 Å². The molecule has 5 rings (SSSR count). The highest BCUT2D eigenvalue weighted by molar-refractivity contribution is 7.89. The molecule has 6 nitrogen and oxygen atoms in total. The van der Waals surface area contributed by atoms with Gasteiger partial charge in [0.15, 0.2) is 0 Å². The summed E-state index contributed by atoms with van der Waals surface area (Å²) in [6.45, 7) is 0. The maximum Gasteiger partial charge on any atom is 0.573 e. The van der Waals surface area contributed by atoms with Crippen LogP contribution in [0.15, 0.2) is 71.6 Å². The minimum absolute atomic E-state index is 0.104. The fourth-order valence-electron chi connectivity index (χ4n) is 5.69. The third-order valence-corrected chi connectivity index (χ3v) is 8.94. The minimum Gasteiger partial charge on any atom is -0.406 e. The van der Waals surface area contributed by atoms with E-state index in [1.54, 1.807) is 29.2 Å². The monoisotopic (exact) mass is 600 g/mol. The molecule has 0 saturated heterocycles. The summed E-state index contributed by atoms with van der Waals surface area (Å²) in [4.78, 5) is 1.36. The van der Waals surface area contributed by atoms with Gasteiger partial charge in [0.1, 0.15) is 5.75 Å². The minimum atomic E-state index is -4.94. The molecule has 220 valence electrons. The number of aliphatic hydroxyl groups is 1. The SMILES string of the molecule is O=S(=O)(N[C@H]1CCC[C@@H](N2c3ccccc3CCc3c2cccc3C(F)(F)F)[C@@H]1O)c1ccc(OC(F)(F)F)cc1. The maximum absolute atomic E-state index is 14.0. The van der Waals surface area contributed by atoms with Gasteiger partial charge < -0.3 is 14.7 Å². The summed E-state index contributed by atoms with van der Waals surface area (Å²) in [5.41, 5.74) is 1.09. The van der Waals surface area contributed by atoms with E-state index in [0.29, 0.717) is 30.6 Å². The number of ether oxygens (including phenoxy) is 1. The molecular formula is C28H26F6N2O4S. The highest BCUT2D eigenvalue weighted by Gasteiger charge is 2.42. The molecule has 41 heavy (non-hydrogen) atoms. The Kier molecular flexibility index (Phi) is 7.72. The molecule has 2 aliphatic rings. The number of halogens is 6. The number of nitrogens with zero attached hydrogens (tertiary/aromatic N) is 1. The van der Waals surface area contributed by atoms with Crippen molar-refractivity contribution >= 4 is 21.4 Å². The largest absolute Gasteiger partial charge is 0.573 e. The lowest BCUT2D eigenvalue weighted by atomic mass is 9.86. The van der Waals surface area contributed by atoms with Gasteiger partial charge in [-0.2, -0.15) is 13.2 Å². The number of nitrogens with one attached hydrogen (secondary N) is 1. The van der Waals surface area contributed by atoms with Gasteiger partial charge in [0, 0.05) is 11.4 Å². The summed E-state index contributed by atoms with van der Waals surface area (Å²) in [7, 11) is -4.28. The molecule has 3 aromatic rings. The number of anilines is 2. The van der Waals surface area contributed by atoms with Crippen molar-refractivity contribution < 1.29 is 44.6 Å². The number of sulfonamides is 1. The molecule has 0 unspecified atom stereocenters. The molecule has 1 aliphatic heterocycles. The van der Waals surface area contributed by atoms with E-state index in [1.807, 2.05) is 6.07 Å². The third kappa shape index (κ3) is 6.16. The molecule has 3 atom stereocenters. The van der Waals surface area contributed by atoms with Crippen LogP contribution in [0.5, 0.6) is 5.75 Å². The lowest BCUT2D eigenvalue weighted by Crippen LogP contribution is -2.55. The van der Waals surface area contributed by atoms with Crippen LogP contribution in [0.1, 0.15) is 36.0 Å². The van der Waals surface area contributed by atoms with Crippen LogP contribution in [0, 0.1) is 0 Å². The molecule has 0 aromatic heterocycles. The molecule has 1 aliphatic carbocycles. The second kappa shape index (κ2) is 10.8. The van der Waals surface area contributed by atoms with Gasteiger partial charge in [-0.3, -0.25) is 0 Å². The summed E-state index contributed by atoms with van der Waals surface area (Å²) >= 11 is 0. The Bertz CT molecular complexity index is 1510. The summed E-state index contributed by atoms with van der Waals surface area (Å²) in [5, 5.41) is 11.5. The van der Waals surface area contributed by atoms with Crippen LogP contribution in [0.2, 0.25) is 0 Å². The number of rotatable bonds is 5. The van der Waals surface area contributed by atoms with Gasteiger partial charge in [0.2, 0.25) is 10.0 Å². The number of fused-ring (bicyclic) bond motifs is 2. The smallest absolute Gasteiger partial charge is 0.406 e. The maximum atomic E-state index is 14.0. The first-order valence-electron chi connectivity index (χ1n) is 12.9. The summed E-state index contributed by atoms with van der Waals surface area (Å²) in [6.07, 6.45) is -9.28. The number of para-hydroxylation sites is 1. The number of aliphatic hydroxyl groups excluding tert-OH is 1. The van der Waals surface area contributed by atoms with Crippen LogP contribution in [-0.2, 0) is 29.0 Å².